The van der Waals surface area contributed by atoms with Crippen LogP contribution in [0.1, 0.15) is 5.56 Å². The van der Waals surface area contributed by atoms with Crippen LogP contribution < -0.4 is 9.47 Å². The number of benzene rings is 2. The van der Waals surface area contributed by atoms with Gasteiger partial charge in [-0.05, 0) is 24.3 Å². The molecule has 0 amide bonds. The molecule has 0 fully saturated rings. The van der Waals surface area contributed by atoms with Crippen LogP contribution in [-0.2, 0) is 0 Å². The molecule has 6 nitrogen and oxygen atoms in total. The van der Waals surface area contributed by atoms with Crippen molar-refractivity contribution in [3.05, 3.63) is 57.1 Å². The number of halogens is 1. The Morgan fingerprint density at radius 1 is 1.29 bits per heavy atom. The van der Waals surface area contributed by atoms with Gasteiger partial charge in [-0.1, -0.05) is 17.7 Å². The lowest BCUT2D eigenvalue weighted by Gasteiger charge is -2.09. The van der Waals surface area contributed by atoms with Crippen molar-refractivity contribution in [2.24, 2.45) is 0 Å². The number of nitrogens with zero attached hydrogens (tertiary/aromatic N) is 2. The van der Waals surface area contributed by atoms with Gasteiger partial charge in [0.05, 0.1) is 23.1 Å². The summed E-state index contributed by atoms with van der Waals surface area (Å²) < 4.78 is 10.4. The van der Waals surface area contributed by atoms with Crippen molar-refractivity contribution in [1.29, 1.82) is 5.26 Å². The molecule has 21 heavy (non-hydrogen) atoms. The Balaban J connectivity index is 2.42. The van der Waals surface area contributed by atoms with Crippen LogP contribution in [0.4, 0.5) is 5.69 Å². The highest BCUT2D eigenvalue weighted by atomic mass is 35.5. The second-order valence-corrected chi connectivity index (χ2v) is 4.32. The molecule has 0 aliphatic carbocycles. The highest BCUT2D eigenvalue weighted by molar-refractivity contribution is 6.31. The number of ether oxygens (including phenoxy) is 2. The molecular weight excluding hydrogens is 296 g/mol. The van der Waals surface area contributed by atoms with Crippen LogP contribution >= 0.6 is 11.6 Å². The first-order valence-electron chi connectivity index (χ1n) is 5.75. The topological polar surface area (TPSA) is 85.4 Å². The maximum absolute atomic E-state index is 11.0. The lowest BCUT2D eigenvalue weighted by molar-refractivity contribution is -0.385. The number of hydrogen-bond donors (Lipinski definition) is 0. The molecule has 0 atom stereocenters. The molecule has 2 aromatic rings. The number of methoxy groups -OCH3 is 1. The van der Waals surface area contributed by atoms with E-state index in [0.29, 0.717) is 0 Å². The lowest BCUT2D eigenvalue weighted by atomic mass is 10.2. The Labute approximate surface area is 125 Å². The van der Waals surface area contributed by atoms with E-state index in [0.717, 1.165) is 0 Å². The molecule has 0 aromatic heterocycles. The van der Waals surface area contributed by atoms with Crippen LogP contribution in [-0.4, -0.2) is 12.0 Å². The summed E-state index contributed by atoms with van der Waals surface area (Å²) in [5.74, 6) is 0.560. The van der Waals surface area contributed by atoms with E-state index in [1.807, 2.05) is 6.07 Å². The van der Waals surface area contributed by atoms with E-state index in [1.54, 1.807) is 18.2 Å². The molecule has 0 spiro atoms. The van der Waals surface area contributed by atoms with Crippen LogP contribution in [0.5, 0.6) is 17.2 Å². The predicted octanol–water partition coefficient (Wildman–Crippen LogP) is 3.92. The molecule has 0 N–H and O–H groups in total. The van der Waals surface area contributed by atoms with Gasteiger partial charge in [-0.3, -0.25) is 10.1 Å². The minimum absolute atomic E-state index is 0.124. The van der Waals surface area contributed by atoms with Crippen molar-refractivity contribution in [3.8, 4) is 23.3 Å². The molecule has 0 unspecified atom stereocenters. The molecule has 0 saturated carbocycles. The maximum atomic E-state index is 11.0. The van der Waals surface area contributed by atoms with Crippen molar-refractivity contribution in [2.45, 2.75) is 0 Å². The summed E-state index contributed by atoms with van der Waals surface area (Å²) in [6.45, 7) is 0. The maximum Gasteiger partial charge on any atom is 0.314 e. The van der Waals surface area contributed by atoms with Gasteiger partial charge in [0.2, 0.25) is 0 Å². The lowest BCUT2D eigenvalue weighted by Crippen LogP contribution is -1.95. The van der Waals surface area contributed by atoms with Gasteiger partial charge in [0, 0.05) is 0 Å². The molecule has 0 aliphatic rings. The normalized spacial score (nSPS) is 9.76. The molecule has 2 rings (SSSR count). The standard InChI is InChI=1S/C14H9ClN2O4/c1-20-14-6-5-9(7-12(14)17(18)19)21-13-4-2-3-11(15)10(13)8-16/h2-7H,1H3. The Bertz CT molecular complexity index is 740. The number of rotatable bonds is 4. The molecule has 106 valence electrons. The largest absolute Gasteiger partial charge is 0.490 e. The van der Waals surface area contributed by atoms with E-state index >= 15 is 0 Å². The molecule has 0 radical (unpaired) electrons. The second-order valence-electron chi connectivity index (χ2n) is 3.92. The molecule has 0 bridgehead atoms. The van der Waals surface area contributed by atoms with Gasteiger partial charge in [0.1, 0.15) is 23.1 Å². The third-order valence-electron chi connectivity index (χ3n) is 2.66. The Morgan fingerprint density at radius 3 is 2.67 bits per heavy atom. The van der Waals surface area contributed by atoms with Crippen molar-refractivity contribution >= 4 is 17.3 Å². The van der Waals surface area contributed by atoms with Crippen LogP contribution in [0, 0.1) is 21.4 Å². The third-order valence-corrected chi connectivity index (χ3v) is 2.98. The molecule has 0 heterocycles. The monoisotopic (exact) mass is 304 g/mol. The van der Waals surface area contributed by atoms with Gasteiger partial charge in [0.15, 0.2) is 5.75 Å². The molecule has 0 aliphatic heterocycles. The average Bonchev–Trinajstić information content (AvgIpc) is 2.47. The van der Waals surface area contributed by atoms with E-state index in [1.165, 1.54) is 25.3 Å². The quantitative estimate of drug-likeness (QED) is 0.631. The number of nitriles is 1. The van der Waals surface area contributed by atoms with Crippen LogP contribution in [0.3, 0.4) is 0 Å². The van der Waals surface area contributed by atoms with E-state index < -0.39 is 4.92 Å². The van der Waals surface area contributed by atoms with E-state index in [4.69, 9.17) is 26.3 Å². The van der Waals surface area contributed by atoms with Crippen LogP contribution in [0.15, 0.2) is 36.4 Å². The van der Waals surface area contributed by atoms with Crippen LogP contribution in [0.2, 0.25) is 5.02 Å². The van der Waals surface area contributed by atoms with Crippen molar-refractivity contribution in [1.82, 2.24) is 0 Å². The average molecular weight is 305 g/mol. The summed E-state index contributed by atoms with van der Waals surface area (Å²) in [4.78, 5) is 10.4. The zero-order valence-electron chi connectivity index (χ0n) is 10.9. The summed E-state index contributed by atoms with van der Waals surface area (Å²) in [7, 11) is 1.34. The summed E-state index contributed by atoms with van der Waals surface area (Å²) in [6.07, 6.45) is 0. The Morgan fingerprint density at radius 2 is 2.05 bits per heavy atom. The van der Waals surface area contributed by atoms with Gasteiger partial charge >= 0.3 is 5.69 Å². The predicted molar refractivity (Wildman–Crippen MR) is 75.9 cm³/mol. The number of nitro benzene ring substituents is 1. The van der Waals surface area contributed by atoms with E-state index in [9.17, 15) is 10.1 Å². The molecule has 0 saturated heterocycles. The van der Waals surface area contributed by atoms with Gasteiger partial charge in [-0.15, -0.1) is 0 Å². The first-order chi connectivity index (χ1) is 10.1. The fraction of sp³-hybridized carbons (Fsp3) is 0.0714. The SMILES string of the molecule is COc1ccc(Oc2cccc(Cl)c2C#N)cc1[N+](=O)[O-]. The summed E-state index contributed by atoms with van der Waals surface area (Å²) >= 11 is 5.89. The molecule has 2 aromatic carbocycles. The zero-order chi connectivity index (χ0) is 15.4. The molecule has 7 heteroatoms. The first-order valence-corrected chi connectivity index (χ1v) is 6.13. The van der Waals surface area contributed by atoms with E-state index in [2.05, 4.69) is 0 Å². The van der Waals surface area contributed by atoms with Gasteiger partial charge in [0.25, 0.3) is 0 Å². The smallest absolute Gasteiger partial charge is 0.314 e. The second kappa shape index (κ2) is 6.11. The van der Waals surface area contributed by atoms with Crippen molar-refractivity contribution in [2.75, 3.05) is 7.11 Å². The fourth-order valence-electron chi connectivity index (χ4n) is 1.70. The van der Waals surface area contributed by atoms with Gasteiger partial charge < -0.3 is 9.47 Å². The summed E-state index contributed by atoms with van der Waals surface area (Å²) in [6, 6.07) is 10.8. The number of nitro groups is 1. The Hall–Kier alpha value is -2.78. The third kappa shape index (κ3) is 3.04. The van der Waals surface area contributed by atoms with Crippen molar-refractivity contribution in [3.63, 3.8) is 0 Å². The fourth-order valence-corrected chi connectivity index (χ4v) is 1.91. The summed E-state index contributed by atoms with van der Waals surface area (Å²) in [5.41, 5.74) is -0.0619. The first kappa shape index (κ1) is 14.6. The minimum Gasteiger partial charge on any atom is -0.490 e. The van der Waals surface area contributed by atoms with Gasteiger partial charge in [-0.2, -0.15) is 5.26 Å². The highest BCUT2D eigenvalue weighted by Crippen LogP contribution is 2.35. The zero-order valence-corrected chi connectivity index (χ0v) is 11.6. The summed E-state index contributed by atoms with van der Waals surface area (Å²) in [5, 5.41) is 20.3. The van der Waals surface area contributed by atoms with Crippen LogP contribution in [0.25, 0.3) is 0 Å². The van der Waals surface area contributed by atoms with Crippen molar-refractivity contribution < 1.29 is 14.4 Å². The number of hydrogen-bond acceptors (Lipinski definition) is 5. The Kier molecular flexibility index (Phi) is 4.26. The highest BCUT2D eigenvalue weighted by Gasteiger charge is 2.17. The van der Waals surface area contributed by atoms with Gasteiger partial charge in [-0.25, -0.2) is 0 Å². The minimum atomic E-state index is -0.575. The molecular formula is C14H9ClN2O4. The van der Waals surface area contributed by atoms with E-state index in [-0.39, 0.29) is 33.5 Å².